The number of piperidine rings is 1. The van der Waals surface area contributed by atoms with Gasteiger partial charge in [0.1, 0.15) is 6.61 Å². The number of amides is 1. The van der Waals surface area contributed by atoms with Gasteiger partial charge in [-0.05, 0) is 12.8 Å². The van der Waals surface area contributed by atoms with Crippen molar-refractivity contribution in [3.63, 3.8) is 0 Å². The topological polar surface area (TPSA) is 90.8 Å². The van der Waals surface area contributed by atoms with Gasteiger partial charge >= 0.3 is 0 Å². The monoisotopic (exact) mass is 253 g/mol. The number of hydrogen-bond donors (Lipinski definition) is 2. The lowest BCUT2D eigenvalue weighted by molar-refractivity contribution is -0.123. The maximum absolute atomic E-state index is 11.1. The van der Waals surface area contributed by atoms with Crippen molar-refractivity contribution in [3.8, 4) is 0 Å². The fourth-order valence-electron chi connectivity index (χ4n) is 2.29. The van der Waals surface area contributed by atoms with Crippen molar-refractivity contribution in [1.82, 2.24) is 4.90 Å². The molecule has 2 rings (SSSR count). The Morgan fingerprint density at radius 1 is 1.50 bits per heavy atom. The summed E-state index contributed by atoms with van der Waals surface area (Å²) in [6, 6.07) is 0. The number of hydrogen-bond acceptors (Lipinski definition) is 5. The van der Waals surface area contributed by atoms with Gasteiger partial charge in [-0.2, -0.15) is 0 Å². The number of carbonyl (C=O) groups excluding carboxylic acids is 1. The molecule has 18 heavy (non-hydrogen) atoms. The molecule has 0 saturated carbocycles. The molecule has 0 radical (unpaired) electrons. The largest absolute Gasteiger partial charge is 0.469 e. The average Bonchev–Trinajstić information content (AvgIpc) is 2.39. The van der Waals surface area contributed by atoms with Crippen LogP contribution in [0.4, 0.5) is 0 Å². The van der Waals surface area contributed by atoms with E-state index in [0.29, 0.717) is 18.2 Å². The third-order valence-corrected chi connectivity index (χ3v) is 3.39. The third-order valence-electron chi connectivity index (χ3n) is 3.39. The first-order chi connectivity index (χ1) is 8.61. The smallest absolute Gasteiger partial charge is 0.281 e. The van der Waals surface area contributed by atoms with Gasteiger partial charge < -0.3 is 25.8 Å². The maximum Gasteiger partial charge on any atom is 0.281 e. The molecule has 2 aliphatic heterocycles. The quantitative estimate of drug-likeness (QED) is 0.731. The fraction of sp³-hybridized carbons (Fsp3) is 0.583. The SMILES string of the molecule is COC1=CC(N2CCC(C(N)=O)CC2)=C(N)CO1. The first-order valence-corrected chi connectivity index (χ1v) is 6.03. The predicted molar refractivity (Wildman–Crippen MR) is 65.7 cm³/mol. The Kier molecular flexibility index (Phi) is 3.64. The highest BCUT2D eigenvalue weighted by Crippen LogP contribution is 2.24. The minimum absolute atomic E-state index is 0.0196. The van der Waals surface area contributed by atoms with E-state index in [0.717, 1.165) is 31.6 Å². The van der Waals surface area contributed by atoms with Crippen molar-refractivity contribution in [2.75, 3.05) is 26.8 Å². The van der Waals surface area contributed by atoms with Crippen LogP contribution in [0.5, 0.6) is 0 Å². The van der Waals surface area contributed by atoms with Crippen LogP contribution in [0.15, 0.2) is 23.4 Å². The molecule has 1 fully saturated rings. The second-order valence-electron chi connectivity index (χ2n) is 4.53. The average molecular weight is 253 g/mol. The molecule has 0 spiro atoms. The van der Waals surface area contributed by atoms with E-state index in [9.17, 15) is 4.79 Å². The van der Waals surface area contributed by atoms with Crippen LogP contribution in [0.1, 0.15) is 12.8 Å². The van der Waals surface area contributed by atoms with Crippen molar-refractivity contribution in [2.24, 2.45) is 17.4 Å². The Balaban J connectivity index is 2.05. The van der Waals surface area contributed by atoms with E-state index >= 15 is 0 Å². The summed E-state index contributed by atoms with van der Waals surface area (Å²) in [6.07, 6.45) is 3.33. The van der Waals surface area contributed by atoms with Crippen LogP contribution in [0.3, 0.4) is 0 Å². The van der Waals surface area contributed by atoms with E-state index in [-0.39, 0.29) is 11.8 Å². The molecule has 2 aliphatic rings. The number of likely N-dealkylation sites (tertiary alicyclic amines) is 1. The van der Waals surface area contributed by atoms with E-state index in [1.807, 2.05) is 0 Å². The van der Waals surface area contributed by atoms with Crippen LogP contribution in [0.2, 0.25) is 0 Å². The summed E-state index contributed by atoms with van der Waals surface area (Å²) in [4.78, 5) is 13.3. The normalized spacial score (nSPS) is 21.4. The van der Waals surface area contributed by atoms with Gasteiger partial charge in [0.2, 0.25) is 5.91 Å². The zero-order valence-corrected chi connectivity index (χ0v) is 10.5. The Bertz CT molecular complexity index is 395. The highest BCUT2D eigenvalue weighted by molar-refractivity contribution is 5.76. The number of nitrogens with two attached hydrogens (primary N) is 2. The fourth-order valence-corrected chi connectivity index (χ4v) is 2.29. The first-order valence-electron chi connectivity index (χ1n) is 6.03. The Hall–Kier alpha value is -1.85. The lowest BCUT2D eigenvalue weighted by Gasteiger charge is -2.35. The lowest BCUT2D eigenvalue weighted by Crippen LogP contribution is -2.39. The molecule has 0 aromatic heterocycles. The van der Waals surface area contributed by atoms with Gasteiger partial charge in [0.25, 0.3) is 5.95 Å². The summed E-state index contributed by atoms with van der Waals surface area (Å²) < 4.78 is 10.3. The maximum atomic E-state index is 11.1. The zero-order valence-electron chi connectivity index (χ0n) is 10.5. The summed E-state index contributed by atoms with van der Waals surface area (Å²) in [5, 5.41) is 0. The van der Waals surface area contributed by atoms with Crippen LogP contribution < -0.4 is 11.5 Å². The van der Waals surface area contributed by atoms with Crippen LogP contribution in [0, 0.1) is 5.92 Å². The van der Waals surface area contributed by atoms with Crippen molar-refractivity contribution < 1.29 is 14.3 Å². The molecule has 6 nitrogen and oxygen atoms in total. The minimum Gasteiger partial charge on any atom is -0.469 e. The van der Waals surface area contributed by atoms with Crippen molar-refractivity contribution in [2.45, 2.75) is 12.8 Å². The summed E-state index contributed by atoms with van der Waals surface area (Å²) in [5.41, 5.74) is 12.9. The highest BCUT2D eigenvalue weighted by atomic mass is 16.7. The second-order valence-corrected chi connectivity index (χ2v) is 4.53. The molecule has 0 bridgehead atoms. The number of allylic oxidation sites excluding steroid dienone is 1. The van der Waals surface area contributed by atoms with Crippen molar-refractivity contribution in [1.29, 1.82) is 0 Å². The standard InChI is InChI=1S/C12H19N3O3/c1-17-11-6-10(9(13)7-18-11)15-4-2-8(3-5-15)12(14)16/h6,8H,2-5,7,13H2,1H3,(H2,14,16). The van der Waals surface area contributed by atoms with Gasteiger partial charge in [-0.25, -0.2) is 0 Å². The molecular weight excluding hydrogens is 234 g/mol. The van der Waals surface area contributed by atoms with E-state index in [1.165, 1.54) is 0 Å². The van der Waals surface area contributed by atoms with Crippen molar-refractivity contribution in [3.05, 3.63) is 23.4 Å². The molecule has 0 aromatic rings. The van der Waals surface area contributed by atoms with Crippen LogP contribution >= 0.6 is 0 Å². The number of carbonyl (C=O) groups is 1. The van der Waals surface area contributed by atoms with Gasteiger partial charge in [0, 0.05) is 25.1 Å². The molecule has 1 amide bonds. The molecular formula is C12H19N3O3. The molecule has 1 saturated heterocycles. The Morgan fingerprint density at radius 3 is 2.72 bits per heavy atom. The molecule has 0 unspecified atom stereocenters. The summed E-state index contributed by atoms with van der Waals surface area (Å²) >= 11 is 0. The first kappa shape index (κ1) is 12.6. The van der Waals surface area contributed by atoms with Gasteiger partial charge in [-0.1, -0.05) is 0 Å². The van der Waals surface area contributed by atoms with Gasteiger partial charge in [0.05, 0.1) is 18.5 Å². The van der Waals surface area contributed by atoms with Gasteiger partial charge in [-0.15, -0.1) is 0 Å². The van der Waals surface area contributed by atoms with Crippen molar-refractivity contribution >= 4 is 5.91 Å². The van der Waals surface area contributed by atoms with E-state index in [1.54, 1.807) is 13.2 Å². The number of ether oxygens (including phenoxy) is 2. The zero-order chi connectivity index (χ0) is 13.1. The molecule has 0 atom stereocenters. The van der Waals surface area contributed by atoms with E-state index in [2.05, 4.69) is 4.90 Å². The molecule has 100 valence electrons. The van der Waals surface area contributed by atoms with Crippen LogP contribution in [-0.2, 0) is 14.3 Å². The molecule has 0 aliphatic carbocycles. The Labute approximate surface area is 106 Å². The number of primary amides is 1. The van der Waals surface area contributed by atoms with Gasteiger partial charge in [-0.3, -0.25) is 4.79 Å². The Morgan fingerprint density at radius 2 is 2.17 bits per heavy atom. The minimum atomic E-state index is -0.211. The van der Waals surface area contributed by atoms with Crippen LogP contribution in [0.25, 0.3) is 0 Å². The van der Waals surface area contributed by atoms with E-state index in [4.69, 9.17) is 20.9 Å². The van der Waals surface area contributed by atoms with Crippen LogP contribution in [-0.4, -0.2) is 37.6 Å². The number of nitrogens with zero attached hydrogens (tertiary/aromatic N) is 1. The summed E-state index contributed by atoms with van der Waals surface area (Å²) in [7, 11) is 1.56. The highest BCUT2D eigenvalue weighted by Gasteiger charge is 2.26. The van der Waals surface area contributed by atoms with E-state index < -0.39 is 0 Å². The third kappa shape index (κ3) is 2.52. The van der Waals surface area contributed by atoms with Gasteiger partial charge in [0.15, 0.2) is 0 Å². The summed E-state index contributed by atoms with van der Waals surface area (Å²) in [5.74, 6) is 0.238. The summed E-state index contributed by atoms with van der Waals surface area (Å²) in [6.45, 7) is 1.89. The second kappa shape index (κ2) is 5.20. The molecule has 0 aromatic carbocycles. The predicted octanol–water partition coefficient (Wildman–Crippen LogP) is -0.128. The molecule has 6 heteroatoms. The molecule has 4 N–H and O–H groups in total. The number of rotatable bonds is 3. The lowest BCUT2D eigenvalue weighted by atomic mass is 9.95. The molecule has 2 heterocycles. The number of methoxy groups -OCH3 is 1.